The van der Waals surface area contributed by atoms with Gasteiger partial charge in [-0.3, -0.25) is 43.7 Å². The lowest BCUT2D eigenvalue weighted by Gasteiger charge is -2.31. The van der Waals surface area contributed by atoms with E-state index in [0.717, 1.165) is 5.56 Å². The molecule has 5 rings (SSSR count). The van der Waals surface area contributed by atoms with E-state index in [9.17, 15) is 47.5 Å². The predicted molar refractivity (Wildman–Crippen MR) is 251 cm³/mol. The number of nitrogens with zero attached hydrogens (tertiary/aromatic N) is 1. The van der Waals surface area contributed by atoms with Crippen LogP contribution in [0.15, 0.2) is 84.9 Å². The van der Waals surface area contributed by atoms with Gasteiger partial charge in [0.05, 0.1) is 6.42 Å². The summed E-state index contributed by atoms with van der Waals surface area (Å²) >= 11 is 0. The van der Waals surface area contributed by atoms with Gasteiger partial charge in [-0.05, 0) is 79.8 Å². The number of carbonyl (C=O) groups is 9. The van der Waals surface area contributed by atoms with Gasteiger partial charge < -0.3 is 48.3 Å². The Balaban J connectivity index is 1.33. The van der Waals surface area contributed by atoms with Crippen LogP contribution in [0, 0.1) is 11.7 Å². The molecule has 2 fully saturated rings. The fraction of sp³-hybridized carbons (Fsp3) is 0.449. The molecular weight excluding hydrogens is 892 g/mol. The molecule has 3 aromatic carbocycles. The van der Waals surface area contributed by atoms with Crippen LogP contribution in [0.5, 0.6) is 0 Å². The molecule has 0 radical (unpaired) electrons. The maximum absolute atomic E-state index is 14.5. The fourth-order valence-electron chi connectivity index (χ4n) is 8.17. The molecule has 69 heavy (non-hydrogen) atoms. The molecule has 2 heterocycles. The van der Waals surface area contributed by atoms with E-state index < -0.39 is 101 Å². The SMILES string of the molecule is CC(C)CCC(NC(=O)[C@@H]1CCCN1C(=O)C(CCCN)NC(=O)C(Cc1ccccc1)NC(=O)[C@@H]1CC(=O)NC(=O)N1)C(=O)NC(Cc1ccc(F)cc1)C(=O)NC(Cc1ccccc1)C(N)=O. The van der Waals surface area contributed by atoms with Crippen LogP contribution in [0.1, 0.15) is 75.5 Å². The molecule has 0 aliphatic carbocycles. The summed E-state index contributed by atoms with van der Waals surface area (Å²) in [6, 6.07) is 13.8. The number of hydrogen-bond donors (Lipinski definition) is 9. The zero-order chi connectivity index (χ0) is 50.0. The second-order valence-electron chi connectivity index (χ2n) is 17.8. The lowest BCUT2D eigenvalue weighted by Crippen LogP contribution is -2.61. The number of imide groups is 1. The summed E-state index contributed by atoms with van der Waals surface area (Å²) in [4.78, 5) is 122. The highest BCUT2D eigenvalue weighted by atomic mass is 19.1. The molecule has 10 amide bonds. The summed E-state index contributed by atoms with van der Waals surface area (Å²) in [5.41, 5.74) is 13.4. The maximum Gasteiger partial charge on any atom is 0.322 e. The quantitative estimate of drug-likeness (QED) is 0.0600. The van der Waals surface area contributed by atoms with Gasteiger partial charge in [0, 0.05) is 25.8 Å². The van der Waals surface area contributed by atoms with Crippen LogP contribution in [0.2, 0.25) is 0 Å². The standard InChI is InChI=1S/C49H63FN10O9/c1-29(2)17-22-34(43(63)56-38(27-32-18-20-33(50)21-19-32)45(65)55-36(42(52)62)25-30-11-5-3-6-12-30)53-47(67)40-16-10-24-60(40)48(68)35(15-9-23-51)54-44(64)37(26-31-13-7-4-8-14-31)57-46(66)39-28-41(61)59-49(69)58-39/h3-8,11-14,18-21,29,34-40H,9-10,15-17,22-28,51H2,1-2H3,(H2,52,62)(H,53,67)(H,54,64)(H,55,65)(H,56,63)(H,57,66)(H2,58,59,61,69)/t34?,35?,36?,37?,38?,39-,40-/m0/s1. The Hall–Kier alpha value is -7.22. The van der Waals surface area contributed by atoms with Gasteiger partial charge >= 0.3 is 6.03 Å². The maximum atomic E-state index is 14.5. The van der Waals surface area contributed by atoms with E-state index in [1.54, 1.807) is 60.7 Å². The molecule has 20 heteroatoms. The summed E-state index contributed by atoms with van der Waals surface area (Å²) in [6.07, 6.45) is 1.26. The molecule has 0 saturated carbocycles. The van der Waals surface area contributed by atoms with Gasteiger partial charge in [0.2, 0.25) is 47.3 Å². The van der Waals surface area contributed by atoms with Crippen LogP contribution in [0.3, 0.4) is 0 Å². The molecule has 2 aliphatic heterocycles. The molecule has 0 bridgehead atoms. The number of carbonyl (C=O) groups excluding carboxylic acids is 9. The lowest BCUT2D eigenvalue weighted by atomic mass is 10.00. The predicted octanol–water partition coefficient (Wildman–Crippen LogP) is 0.527. The van der Waals surface area contributed by atoms with Gasteiger partial charge in [-0.25, -0.2) is 9.18 Å². The summed E-state index contributed by atoms with van der Waals surface area (Å²) in [6.45, 7) is 4.19. The average Bonchev–Trinajstić information content (AvgIpc) is 3.82. The molecule has 0 aromatic heterocycles. The molecule has 3 aromatic rings. The molecule has 0 spiro atoms. The third-order valence-electron chi connectivity index (χ3n) is 11.9. The molecule has 7 atom stereocenters. The van der Waals surface area contributed by atoms with Gasteiger partial charge in [-0.1, -0.05) is 86.6 Å². The largest absolute Gasteiger partial charge is 0.368 e. The number of halogens is 1. The number of benzene rings is 3. The highest BCUT2D eigenvalue weighted by molar-refractivity contribution is 6.03. The molecule has 370 valence electrons. The molecular formula is C49H63FN10O9. The summed E-state index contributed by atoms with van der Waals surface area (Å²) in [7, 11) is 0. The number of rotatable bonds is 24. The first-order valence-corrected chi connectivity index (χ1v) is 23.3. The average molecular weight is 955 g/mol. The van der Waals surface area contributed by atoms with Gasteiger partial charge in [0.15, 0.2) is 0 Å². The number of primary amides is 1. The zero-order valence-electron chi connectivity index (χ0n) is 38.8. The van der Waals surface area contributed by atoms with Gasteiger partial charge in [0.1, 0.15) is 48.1 Å². The molecule has 2 aliphatic rings. The van der Waals surface area contributed by atoms with E-state index >= 15 is 0 Å². The molecule has 19 nitrogen and oxygen atoms in total. The summed E-state index contributed by atoms with van der Waals surface area (Å²) in [5.74, 6) is -6.09. The molecule has 2 saturated heterocycles. The van der Waals surface area contributed by atoms with Crippen molar-refractivity contribution >= 4 is 53.3 Å². The third-order valence-corrected chi connectivity index (χ3v) is 11.9. The minimum absolute atomic E-state index is 0.0104. The third kappa shape index (κ3) is 16.2. The van der Waals surface area contributed by atoms with Crippen LogP contribution in [-0.4, -0.2) is 114 Å². The minimum atomic E-state index is -1.30. The van der Waals surface area contributed by atoms with Crippen molar-refractivity contribution in [1.82, 2.24) is 42.1 Å². The highest BCUT2D eigenvalue weighted by Gasteiger charge is 2.40. The highest BCUT2D eigenvalue weighted by Crippen LogP contribution is 2.21. The first kappa shape index (κ1) is 52.7. The van der Waals surface area contributed by atoms with Crippen molar-refractivity contribution in [2.45, 2.75) is 120 Å². The topological polar surface area (TPSA) is 293 Å². The van der Waals surface area contributed by atoms with Crippen LogP contribution in [-0.2, 0) is 57.6 Å². The monoisotopic (exact) mass is 954 g/mol. The van der Waals surface area contributed by atoms with Crippen molar-refractivity contribution < 1.29 is 47.5 Å². The fourth-order valence-corrected chi connectivity index (χ4v) is 8.17. The number of likely N-dealkylation sites (tertiary alicyclic amines) is 1. The van der Waals surface area contributed by atoms with Crippen molar-refractivity contribution in [3.05, 3.63) is 107 Å². The number of nitrogens with two attached hydrogens (primary N) is 2. The van der Waals surface area contributed by atoms with Gasteiger partial charge in [-0.2, -0.15) is 0 Å². The Kier molecular flexibility index (Phi) is 19.7. The lowest BCUT2D eigenvalue weighted by molar-refractivity contribution is -0.142. The Morgan fingerprint density at radius 1 is 0.667 bits per heavy atom. The van der Waals surface area contributed by atoms with Crippen LogP contribution >= 0.6 is 0 Å². The van der Waals surface area contributed by atoms with Crippen molar-refractivity contribution in [3.63, 3.8) is 0 Å². The van der Waals surface area contributed by atoms with E-state index in [1.807, 2.05) is 13.8 Å². The van der Waals surface area contributed by atoms with Gasteiger partial charge in [0.25, 0.3) is 0 Å². The minimum Gasteiger partial charge on any atom is -0.368 e. The zero-order valence-corrected chi connectivity index (χ0v) is 38.8. The van der Waals surface area contributed by atoms with Crippen LogP contribution in [0.4, 0.5) is 9.18 Å². The number of urea groups is 1. The second kappa shape index (κ2) is 25.8. The van der Waals surface area contributed by atoms with Crippen molar-refractivity contribution in [1.29, 1.82) is 0 Å². The smallest absolute Gasteiger partial charge is 0.322 e. The second-order valence-corrected chi connectivity index (χ2v) is 17.8. The van der Waals surface area contributed by atoms with Crippen LogP contribution < -0.4 is 48.7 Å². The first-order chi connectivity index (χ1) is 33.0. The van der Waals surface area contributed by atoms with E-state index in [-0.39, 0.29) is 64.0 Å². The van der Waals surface area contributed by atoms with Crippen LogP contribution in [0.25, 0.3) is 0 Å². The Morgan fingerprint density at radius 3 is 1.75 bits per heavy atom. The number of hydrogen-bond acceptors (Lipinski definition) is 10. The van der Waals surface area contributed by atoms with E-state index in [0.29, 0.717) is 30.4 Å². The molecule has 11 N–H and O–H groups in total. The van der Waals surface area contributed by atoms with E-state index in [1.165, 1.54) is 29.2 Å². The summed E-state index contributed by atoms with van der Waals surface area (Å²) < 4.78 is 13.9. The van der Waals surface area contributed by atoms with E-state index in [2.05, 4.69) is 37.2 Å². The van der Waals surface area contributed by atoms with Gasteiger partial charge in [-0.15, -0.1) is 0 Å². The molecule has 5 unspecified atom stereocenters. The Bertz CT molecular complexity index is 2270. The normalized spacial score (nSPS) is 17.8. The van der Waals surface area contributed by atoms with Crippen molar-refractivity contribution in [3.8, 4) is 0 Å². The van der Waals surface area contributed by atoms with E-state index in [4.69, 9.17) is 11.5 Å². The Morgan fingerprint density at radius 2 is 1.19 bits per heavy atom. The summed E-state index contributed by atoms with van der Waals surface area (Å²) in [5, 5.41) is 18.0. The Labute approximate surface area is 400 Å². The number of nitrogens with one attached hydrogen (secondary N) is 7. The van der Waals surface area contributed by atoms with Crippen molar-refractivity contribution in [2.24, 2.45) is 17.4 Å². The first-order valence-electron chi connectivity index (χ1n) is 23.3. The number of amides is 10. The van der Waals surface area contributed by atoms with Crippen molar-refractivity contribution in [2.75, 3.05) is 13.1 Å².